The topological polar surface area (TPSA) is 86.2 Å². The Bertz CT molecular complexity index is 708. The third-order valence-electron chi connectivity index (χ3n) is 3.91. The summed E-state index contributed by atoms with van der Waals surface area (Å²) in [6, 6.07) is 7.15. The summed E-state index contributed by atoms with van der Waals surface area (Å²) < 4.78 is 14.7. The molecule has 1 N–H and O–H groups in total. The number of esters is 1. The smallest absolute Gasteiger partial charge is 0.332 e. The number of thioether (sulfide) groups is 1. The lowest BCUT2D eigenvalue weighted by Crippen LogP contribution is -2.40. The summed E-state index contributed by atoms with van der Waals surface area (Å²) >= 11 is 1.11. The number of amides is 1. The van der Waals surface area contributed by atoms with Crippen molar-refractivity contribution in [1.29, 1.82) is 0 Å². The highest BCUT2D eigenvalue weighted by Crippen LogP contribution is 2.43. The second-order valence-electron chi connectivity index (χ2n) is 5.81. The molecule has 1 spiro atoms. The largest absolute Gasteiger partial charge is 0.497 e. The van der Waals surface area contributed by atoms with E-state index in [1.165, 1.54) is 0 Å². The molecule has 2 aliphatic heterocycles. The Morgan fingerprint density at radius 2 is 2.28 bits per heavy atom. The van der Waals surface area contributed by atoms with Crippen molar-refractivity contribution in [2.45, 2.75) is 30.6 Å². The molecule has 1 aromatic carbocycles. The molecule has 7 nitrogen and oxygen atoms in total. The van der Waals surface area contributed by atoms with E-state index in [1.807, 2.05) is 6.92 Å². The van der Waals surface area contributed by atoms with Crippen LogP contribution < -0.4 is 10.1 Å². The summed E-state index contributed by atoms with van der Waals surface area (Å²) in [5, 5.41) is 3.06. The second-order valence-corrected chi connectivity index (χ2v) is 7.10. The monoisotopic (exact) mass is 364 g/mol. The van der Waals surface area contributed by atoms with Crippen LogP contribution in [-0.4, -0.2) is 48.2 Å². The molecule has 0 aliphatic carbocycles. The summed E-state index contributed by atoms with van der Waals surface area (Å²) in [6.07, 6.45) is 0.759. The average Bonchev–Trinajstić information content (AvgIpc) is 3.08. The van der Waals surface area contributed by atoms with Crippen molar-refractivity contribution in [3.05, 3.63) is 24.3 Å². The lowest BCUT2D eigenvalue weighted by atomic mass is 10.0. The van der Waals surface area contributed by atoms with E-state index in [-0.39, 0.29) is 12.3 Å². The van der Waals surface area contributed by atoms with Gasteiger partial charge in [-0.05, 0) is 18.6 Å². The molecule has 0 unspecified atom stereocenters. The number of amidine groups is 1. The highest BCUT2D eigenvalue weighted by Gasteiger charge is 2.60. The minimum Gasteiger partial charge on any atom is -0.497 e. The van der Waals surface area contributed by atoms with Gasteiger partial charge >= 0.3 is 5.97 Å². The Labute approximate surface area is 150 Å². The Morgan fingerprint density at radius 1 is 1.44 bits per heavy atom. The third kappa shape index (κ3) is 3.64. The van der Waals surface area contributed by atoms with E-state index in [1.54, 1.807) is 31.4 Å². The van der Waals surface area contributed by atoms with Gasteiger partial charge in [0.1, 0.15) is 11.9 Å². The van der Waals surface area contributed by atoms with Gasteiger partial charge in [0, 0.05) is 19.1 Å². The fourth-order valence-corrected chi connectivity index (χ4v) is 3.87. The van der Waals surface area contributed by atoms with E-state index < -0.39 is 16.8 Å². The number of carbonyl (C=O) groups is 2. The molecule has 2 atom stereocenters. The molecule has 1 amide bonds. The molecule has 8 heteroatoms. The quantitative estimate of drug-likeness (QED) is 0.472. The summed E-state index contributed by atoms with van der Waals surface area (Å²) in [7, 11) is 1.57. The molecule has 3 rings (SSSR count). The Hall–Kier alpha value is -2.06. The van der Waals surface area contributed by atoms with E-state index in [9.17, 15) is 9.59 Å². The number of aliphatic imine (C=N–C) groups is 1. The van der Waals surface area contributed by atoms with Crippen LogP contribution in [0.15, 0.2) is 29.3 Å². The van der Waals surface area contributed by atoms with Crippen molar-refractivity contribution >= 4 is 34.5 Å². The number of rotatable bonds is 6. The number of benzene rings is 1. The first-order valence-corrected chi connectivity index (χ1v) is 8.91. The molecule has 1 aromatic rings. The molecule has 2 saturated heterocycles. The van der Waals surface area contributed by atoms with Crippen molar-refractivity contribution in [2.24, 2.45) is 4.99 Å². The molecule has 2 aliphatic rings. The van der Waals surface area contributed by atoms with E-state index in [4.69, 9.17) is 14.2 Å². The van der Waals surface area contributed by atoms with Crippen molar-refractivity contribution in [1.82, 2.24) is 5.32 Å². The van der Waals surface area contributed by atoms with Crippen LogP contribution in [0.25, 0.3) is 0 Å². The fourth-order valence-electron chi connectivity index (χ4n) is 2.70. The van der Waals surface area contributed by atoms with Gasteiger partial charge in [0.25, 0.3) is 5.91 Å². The van der Waals surface area contributed by atoms with E-state index >= 15 is 0 Å². The number of carbonyl (C=O) groups excluding carboxylic acids is 2. The van der Waals surface area contributed by atoms with Gasteiger partial charge in [-0.1, -0.05) is 24.8 Å². The van der Waals surface area contributed by atoms with Crippen LogP contribution in [0.4, 0.5) is 5.69 Å². The van der Waals surface area contributed by atoms with Gasteiger partial charge in [0.05, 0.1) is 19.4 Å². The van der Waals surface area contributed by atoms with Gasteiger partial charge in [-0.2, -0.15) is 0 Å². The van der Waals surface area contributed by atoms with Gasteiger partial charge in [0.2, 0.25) is 4.75 Å². The van der Waals surface area contributed by atoms with Gasteiger partial charge < -0.3 is 19.5 Å². The van der Waals surface area contributed by atoms with Gasteiger partial charge in [-0.15, -0.1) is 0 Å². The highest BCUT2D eigenvalue weighted by atomic mass is 32.2. The molecule has 2 heterocycles. The maximum absolute atomic E-state index is 12.4. The van der Waals surface area contributed by atoms with Crippen LogP contribution in [-0.2, 0) is 19.1 Å². The molecule has 0 aromatic heterocycles. The molecule has 25 heavy (non-hydrogen) atoms. The zero-order valence-electron chi connectivity index (χ0n) is 14.1. The lowest BCUT2D eigenvalue weighted by Gasteiger charge is -2.11. The number of hydrogen-bond donors (Lipinski definition) is 1. The van der Waals surface area contributed by atoms with Crippen molar-refractivity contribution in [3.63, 3.8) is 0 Å². The highest BCUT2D eigenvalue weighted by molar-refractivity contribution is 8.17. The fraction of sp³-hybridized carbons (Fsp3) is 0.471. The van der Waals surface area contributed by atoms with Gasteiger partial charge in [-0.3, -0.25) is 4.79 Å². The summed E-state index contributed by atoms with van der Waals surface area (Å²) in [5.74, 6) is -0.252. The summed E-state index contributed by atoms with van der Waals surface area (Å²) in [6.45, 7) is 2.91. The summed E-state index contributed by atoms with van der Waals surface area (Å²) in [4.78, 5) is 29.1. The van der Waals surface area contributed by atoms with Crippen LogP contribution in [0.2, 0.25) is 0 Å². The standard InChI is InChI=1S/C17H20N2O5S/c1-3-7-23-10-13-9-17(15(21)24-13)14(20)19-16(25-17)18-11-5-4-6-12(8-11)22-2/h4-6,8,13H,3,7,9-10H2,1-2H3,(H,18,19,20)/t13-,17-/m0/s1. The Kier molecular flexibility index (Phi) is 5.29. The normalized spacial score (nSPS) is 27.0. The molecular weight excluding hydrogens is 344 g/mol. The number of ether oxygens (including phenoxy) is 3. The van der Waals surface area contributed by atoms with Crippen molar-refractivity contribution in [3.8, 4) is 5.75 Å². The molecule has 0 bridgehead atoms. The number of nitrogens with zero attached hydrogens (tertiary/aromatic N) is 1. The van der Waals surface area contributed by atoms with E-state index in [0.717, 1.165) is 18.2 Å². The van der Waals surface area contributed by atoms with Crippen LogP contribution in [0.3, 0.4) is 0 Å². The van der Waals surface area contributed by atoms with Crippen molar-refractivity contribution < 1.29 is 23.8 Å². The Morgan fingerprint density at radius 3 is 3.04 bits per heavy atom. The van der Waals surface area contributed by atoms with Gasteiger partial charge in [-0.25, -0.2) is 9.79 Å². The number of cyclic esters (lactones) is 1. The average molecular weight is 364 g/mol. The number of nitrogens with one attached hydrogen (secondary N) is 1. The maximum atomic E-state index is 12.4. The zero-order valence-corrected chi connectivity index (χ0v) is 14.9. The zero-order chi connectivity index (χ0) is 17.9. The van der Waals surface area contributed by atoms with E-state index in [2.05, 4.69) is 10.3 Å². The second kappa shape index (κ2) is 7.45. The number of hydrogen-bond acceptors (Lipinski definition) is 7. The minimum atomic E-state index is -1.27. The molecular formula is C17H20N2O5S. The first-order valence-electron chi connectivity index (χ1n) is 8.09. The Balaban J connectivity index is 1.73. The van der Waals surface area contributed by atoms with Crippen molar-refractivity contribution in [2.75, 3.05) is 20.3 Å². The first kappa shape index (κ1) is 17.8. The first-order chi connectivity index (χ1) is 12.1. The molecule has 0 saturated carbocycles. The third-order valence-corrected chi connectivity index (χ3v) is 5.17. The van der Waals surface area contributed by atoms with Crippen LogP contribution in [0.5, 0.6) is 5.75 Å². The predicted molar refractivity (Wildman–Crippen MR) is 94.2 cm³/mol. The van der Waals surface area contributed by atoms with E-state index in [0.29, 0.717) is 29.8 Å². The van der Waals surface area contributed by atoms with Crippen LogP contribution >= 0.6 is 11.8 Å². The molecule has 2 fully saturated rings. The van der Waals surface area contributed by atoms with Crippen LogP contribution in [0, 0.1) is 0 Å². The molecule has 0 radical (unpaired) electrons. The number of methoxy groups -OCH3 is 1. The van der Waals surface area contributed by atoms with Gasteiger partial charge in [0.15, 0.2) is 5.17 Å². The predicted octanol–water partition coefficient (Wildman–Crippen LogP) is 2.03. The van der Waals surface area contributed by atoms with Crippen LogP contribution in [0.1, 0.15) is 19.8 Å². The minimum absolute atomic E-state index is 0.281. The molecule has 134 valence electrons. The maximum Gasteiger partial charge on any atom is 0.332 e. The summed E-state index contributed by atoms with van der Waals surface area (Å²) in [5.41, 5.74) is 0.633. The lowest BCUT2D eigenvalue weighted by molar-refractivity contribution is -0.146. The SMILES string of the molecule is CCCOC[C@@H]1C[C@@]2(SC(=Nc3cccc(OC)c3)NC2=O)C(=O)O1.